The van der Waals surface area contributed by atoms with E-state index in [1.807, 2.05) is 0 Å². The molecule has 3 heterocycles. The van der Waals surface area contributed by atoms with Crippen LogP contribution in [0.3, 0.4) is 0 Å². The van der Waals surface area contributed by atoms with Crippen molar-refractivity contribution in [2.75, 3.05) is 36.5 Å². The van der Waals surface area contributed by atoms with Crippen LogP contribution in [0.5, 0.6) is 0 Å². The molecule has 8 heteroatoms. The van der Waals surface area contributed by atoms with E-state index in [9.17, 15) is 9.59 Å². The average molecular weight is 382 g/mol. The number of nitrogens with one attached hydrogen (secondary N) is 1. The number of aromatic nitrogens is 2. The van der Waals surface area contributed by atoms with Crippen LogP contribution >= 0.6 is 0 Å². The zero-order valence-electron chi connectivity index (χ0n) is 15.7. The van der Waals surface area contributed by atoms with Crippen LogP contribution in [0.15, 0.2) is 36.7 Å². The summed E-state index contributed by atoms with van der Waals surface area (Å²) < 4.78 is 11.5. The van der Waals surface area contributed by atoms with Crippen LogP contribution in [0.2, 0.25) is 0 Å². The Labute approximate surface area is 162 Å². The summed E-state index contributed by atoms with van der Waals surface area (Å²) in [6.07, 6.45) is 4.63. The predicted octanol–water partition coefficient (Wildman–Crippen LogP) is 2.27. The third-order valence-electron chi connectivity index (χ3n) is 5.06. The fourth-order valence-corrected chi connectivity index (χ4v) is 3.48. The van der Waals surface area contributed by atoms with Gasteiger partial charge in [0.2, 0.25) is 0 Å². The van der Waals surface area contributed by atoms with Gasteiger partial charge in [-0.25, -0.2) is 9.97 Å². The monoisotopic (exact) mass is 382 g/mol. The lowest BCUT2D eigenvalue weighted by Gasteiger charge is -2.37. The highest BCUT2D eigenvalue weighted by Crippen LogP contribution is 2.32. The number of carbonyl (C=O) groups excluding carboxylic acids is 2. The van der Waals surface area contributed by atoms with Gasteiger partial charge in [-0.1, -0.05) is 12.1 Å². The topological polar surface area (TPSA) is 93.7 Å². The summed E-state index contributed by atoms with van der Waals surface area (Å²) in [6.45, 7) is 4.31. The Morgan fingerprint density at radius 3 is 2.50 bits per heavy atom. The van der Waals surface area contributed by atoms with Crippen molar-refractivity contribution in [2.24, 2.45) is 0 Å². The van der Waals surface area contributed by atoms with Gasteiger partial charge in [-0.05, 0) is 19.1 Å². The van der Waals surface area contributed by atoms with Crippen LogP contribution in [-0.2, 0) is 9.47 Å². The Morgan fingerprint density at radius 2 is 1.86 bits per heavy atom. The van der Waals surface area contributed by atoms with Gasteiger partial charge in [0, 0.05) is 37.2 Å². The van der Waals surface area contributed by atoms with E-state index in [2.05, 4.69) is 20.2 Å². The molecule has 0 atom stereocenters. The minimum atomic E-state index is -0.432. The van der Waals surface area contributed by atoms with Gasteiger partial charge in [0.05, 0.1) is 25.6 Å². The maximum Gasteiger partial charge on any atom is 0.275 e. The smallest absolute Gasteiger partial charge is 0.275 e. The van der Waals surface area contributed by atoms with Crippen LogP contribution in [-0.4, -0.2) is 53.7 Å². The number of carbonyl (C=O) groups is 2. The van der Waals surface area contributed by atoms with E-state index < -0.39 is 5.79 Å². The van der Waals surface area contributed by atoms with Gasteiger partial charge >= 0.3 is 0 Å². The minimum absolute atomic E-state index is 0.0584. The van der Waals surface area contributed by atoms with Crippen molar-refractivity contribution in [3.8, 4) is 0 Å². The predicted molar refractivity (Wildman–Crippen MR) is 103 cm³/mol. The second-order valence-corrected chi connectivity index (χ2v) is 6.95. The van der Waals surface area contributed by atoms with Gasteiger partial charge in [-0.15, -0.1) is 0 Å². The maximum atomic E-state index is 12.4. The number of ketones is 1. The molecular formula is C20H22N4O4. The molecule has 1 aromatic carbocycles. The summed E-state index contributed by atoms with van der Waals surface area (Å²) >= 11 is 0. The molecule has 1 amide bonds. The van der Waals surface area contributed by atoms with Crippen LogP contribution in [0.4, 0.5) is 11.5 Å². The minimum Gasteiger partial charge on any atom is -0.355 e. The standard InChI is InChI=1S/C20H22N4O4/c1-14(25)15-3-2-4-16(11-15)23-19(26)17-12-22-18(13-21-17)24-7-5-20(6-8-24)27-9-10-28-20/h2-4,11-13H,5-10H2,1H3,(H,23,26). The third kappa shape index (κ3) is 3.88. The van der Waals surface area contributed by atoms with E-state index in [-0.39, 0.29) is 17.4 Å². The Kier molecular flexibility index (Phi) is 5.06. The van der Waals surface area contributed by atoms with Gasteiger partial charge in [0.15, 0.2) is 11.6 Å². The number of piperidine rings is 1. The molecule has 1 spiro atoms. The molecule has 8 nitrogen and oxygen atoms in total. The first kappa shape index (κ1) is 18.5. The normalized spacial score (nSPS) is 18.2. The summed E-state index contributed by atoms with van der Waals surface area (Å²) in [6, 6.07) is 6.79. The molecule has 1 aromatic heterocycles. The first-order chi connectivity index (χ1) is 13.5. The maximum absolute atomic E-state index is 12.4. The number of benzene rings is 1. The number of nitrogens with zero attached hydrogens (tertiary/aromatic N) is 3. The lowest BCUT2D eigenvalue weighted by atomic mass is 10.0. The second kappa shape index (κ2) is 7.65. The van der Waals surface area contributed by atoms with Crippen molar-refractivity contribution < 1.29 is 19.1 Å². The Bertz CT molecular complexity index is 868. The van der Waals surface area contributed by atoms with Gasteiger partial charge in [0.1, 0.15) is 11.5 Å². The Balaban J connectivity index is 1.38. The van der Waals surface area contributed by atoms with E-state index >= 15 is 0 Å². The molecule has 2 aliphatic heterocycles. The molecule has 0 saturated carbocycles. The van der Waals surface area contributed by atoms with E-state index in [4.69, 9.17) is 9.47 Å². The number of rotatable bonds is 4. The molecule has 4 rings (SSSR count). The second-order valence-electron chi connectivity index (χ2n) is 6.95. The number of anilines is 2. The Hall–Kier alpha value is -2.84. The number of Topliss-reactive ketones (excluding diaryl/α,β-unsaturated/α-hetero) is 1. The lowest BCUT2D eigenvalue weighted by Crippen LogP contribution is -2.45. The van der Waals surface area contributed by atoms with Gasteiger partial charge in [-0.3, -0.25) is 9.59 Å². The highest BCUT2D eigenvalue weighted by Gasteiger charge is 2.40. The van der Waals surface area contributed by atoms with Gasteiger partial charge in [-0.2, -0.15) is 0 Å². The van der Waals surface area contributed by atoms with Gasteiger partial charge < -0.3 is 19.7 Å². The van der Waals surface area contributed by atoms with Crippen LogP contribution in [0.1, 0.15) is 40.6 Å². The molecule has 2 aliphatic rings. The zero-order valence-corrected chi connectivity index (χ0v) is 15.7. The summed E-state index contributed by atoms with van der Waals surface area (Å²) in [5.41, 5.74) is 1.30. The Morgan fingerprint density at radius 1 is 1.11 bits per heavy atom. The highest BCUT2D eigenvalue weighted by molar-refractivity contribution is 6.03. The van der Waals surface area contributed by atoms with Crippen molar-refractivity contribution in [3.05, 3.63) is 47.9 Å². The molecule has 0 unspecified atom stereocenters. The summed E-state index contributed by atoms with van der Waals surface area (Å²) in [4.78, 5) is 34.6. The summed E-state index contributed by atoms with van der Waals surface area (Å²) in [7, 11) is 0. The fourth-order valence-electron chi connectivity index (χ4n) is 3.48. The van der Waals surface area contributed by atoms with Crippen LogP contribution in [0.25, 0.3) is 0 Å². The van der Waals surface area contributed by atoms with E-state index in [1.54, 1.807) is 30.5 Å². The quantitative estimate of drug-likeness (QED) is 0.811. The van der Waals surface area contributed by atoms with Crippen molar-refractivity contribution in [2.45, 2.75) is 25.6 Å². The fraction of sp³-hybridized carbons (Fsp3) is 0.400. The molecule has 0 radical (unpaired) electrons. The number of hydrogen-bond donors (Lipinski definition) is 1. The first-order valence-electron chi connectivity index (χ1n) is 9.32. The molecule has 0 bridgehead atoms. The van der Waals surface area contributed by atoms with Crippen molar-refractivity contribution in [1.29, 1.82) is 0 Å². The molecule has 2 aromatic rings. The van der Waals surface area contributed by atoms with Crippen molar-refractivity contribution in [3.63, 3.8) is 0 Å². The molecular weight excluding hydrogens is 360 g/mol. The molecule has 0 aliphatic carbocycles. The number of hydrogen-bond acceptors (Lipinski definition) is 7. The van der Waals surface area contributed by atoms with E-state index in [1.165, 1.54) is 13.1 Å². The highest BCUT2D eigenvalue weighted by atomic mass is 16.7. The first-order valence-corrected chi connectivity index (χ1v) is 9.32. The summed E-state index contributed by atoms with van der Waals surface area (Å²) in [5.74, 6) is -0.136. The average Bonchev–Trinajstić information content (AvgIpc) is 3.17. The van der Waals surface area contributed by atoms with Crippen molar-refractivity contribution in [1.82, 2.24) is 9.97 Å². The SMILES string of the molecule is CC(=O)c1cccc(NC(=O)c2cnc(N3CCC4(CC3)OCCO4)cn2)c1. The van der Waals surface area contributed by atoms with Crippen LogP contribution < -0.4 is 10.2 Å². The largest absolute Gasteiger partial charge is 0.355 e. The van der Waals surface area contributed by atoms with E-state index in [0.717, 1.165) is 31.7 Å². The number of ether oxygens (including phenoxy) is 2. The molecule has 2 saturated heterocycles. The lowest BCUT2D eigenvalue weighted by molar-refractivity contribution is -0.169. The molecule has 1 N–H and O–H groups in total. The number of amides is 1. The van der Waals surface area contributed by atoms with Gasteiger partial charge in [0.25, 0.3) is 5.91 Å². The molecule has 28 heavy (non-hydrogen) atoms. The third-order valence-corrected chi connectivity index (χ3v) is 5.06. The zero-order chi connectivity index (χ0) is 19.6. The van der Waals surface area contributed by atoms with Crippen LogP contribution in [0, 0.1) is 0 Å². The summed E-state index contributed by atoms with van der Waals surface area (Å²) in [5, 5.41) is 2.75. The van der Waals surface area contributed by atoms with E-state index in [0.29, 0.717) is 24.5 Å². The van der Waals surface area contributed by atoms with Crippen molar-refractivity contribution >= 4 is 23.2 Å². The molecule has 2 fully saturated rings. The molecule has 146 valence electrons.